The van der Waals surface area contributed by atoms with Gasteiger partial charge in [-0.1, -0.05) is 36.4 Å². The molecule has 0 atom stereocenters. The van der Waals surface area contributed by atoms with E-state index in [1.807, 2.05) is 35.2 Å². The maximum atomic E-state index is 13.3. The summed E-state index contributed by atoms with van der Waals surface area (Å²) in [6, 6.07) is 14.9. The molecule has 0 spiro atoms. The molecule has 7 heteroatoms. The van der Waals surface area contributed by atoms with Crippen LogP contribution in [0.3, 0.4) is 0 Å². The minimum Gasteiger partial charge on any atom is -0.358 e. The number of H-pyrrole nitrogens is 1. The lowest BCUT2D eigenvalue weighted by Crippen LogP contribution is -2.37. The Morgan fingerprint density at radius 1 is 1.03 bits per heavy atom. The second-order valence-electron chi connectivity index (χ2n) is 7.40. The number of fused-ring (bicyclic) bond motifs is 3. The van der Waals surface area contributed by atoms with Gasteiger partial charge in [0.05, 0.1) is 13.1 Å². The highest BCUT2D eigenvalue weighted by Crippen LogP contribution is 2.28. The van der Waals surface area contributed by atoms with Crippen LogP contribution in [0.25, 0.3) is 10.9 Å². The minimum absolute atomic E-state index is 0.00438. The number of rotatable bonds is 3. The van der Waals surface area contributed by atoms with Crippen molar-refractivity contribution >= 4 is 28.7 Å². The van der Waals surface area contributed by atoms with E-state index in [0.717, 1.165) is 27.8 Å². The van der Waals surface area contributed by atoms with Gasteiger partial charge in [0, 0.05) is 47.2 Å². The fourth-order valence-corrected chi connectivity index (χ4v) is 4.16. The Balaban J connectivity index is 1.43. The molecule has 1 aromatic heterocycles. The van der Waals surface area contributed by atoms with Crippen molar-refractivity contribution in [3.05, 3.63) is 70.9 Å². The number of hydrogen-bond donors (Lipinski definition) is 2. The highest BCUT2D eigenvalue weighted by molar-refractivity contribution is 6.02. The summed E-state index contributed by atoms with van der Waals surface area (Å²) in [5, 5.41) is 3.66. The van der Waals surface area contributed by atoms with Gasteiger partial charge in [-0.15, -0.1) is 0 Å². The second kappa shape index (κ2) is 6.77. The molecule has 3 heterocycles. The largest absolute Gasteiger partial charge is 0.358 e. The first-order chi connectivity index (χ1) is 14.1. The molecule has 1 fully saturated rings. The van der Waals surface area contributed by atoms with Crippen LogP contribution < -0.4 is 5.32 Å². The van der Waals surface area contributed by atoms with Crippen LogP contribution in [0.2, 0.25) is 0 Å². The normalized spacial score (nSPS) is 16.3. The lowest BCUT2D eigenvalue weighted by molar-refractivity contribution is -0.125. The molecular weight excluding hydrogens is 368 g/mol. The van der Waals surface area contributed by atoms with Gasteiger partial charge >= 0.3 is 6.03 Å². The van der Waals surface area contributed by atoms with Crippen LogP contribution in [0.5, 0.6) is 0 Å². The van der Waals surface area contributed by atoms with Gasteiger partial charge in [-0.25, -0.2) is 4.79 Å². The van der Waals surface area contributed by atoms with E-state index >= 15 is 0 Å². The lowest BCUT2D eigenvalue weighted by Gasteiger charge is -2.28. The van der Waals surface area contributed by atoms with E-state index in [0.29, 0.717) is 24.2 Å². The van der Waals surface area contributed by atoms with Crippen LogP contribution in [0, 0.1) is 0 Å². The van der Waals surface area contributed by atoms with E-state index in [4.69, 9.17) is 0 Å². The summed E-state index contributed by atoms with van der Waals surface area (Å²) >= 11 is 0. The summed E-state index contributed by atoms with van der Waals surface area (Å²) in [5.41, 5.74) is 4.64. The van der Waals surface area contributed by atoms with Gasteiger partial charge in [0.15, 0.2) is 0 Å². The van der Waals surface area contributed by atoms with Crippen molar-refractivity contribution in [2.75, 3.05) is 13.1 Å². The maximum absolute atomic E-state index is 13.3. The van der Waals surface area contributed by atoms with Gasteiger partial charge in [-0.3, -0.25) is 14.5 Å². The van der Waals surface area contributed by atoms with Crippen LogP contribution >= 0.6 is 0 Å². The molecule has 0 unspecified atom stereocenters. The van der Waals surface area contributed by atoms with Gasteiger partial charge in [-0.05, 0) is 17.7 Å². The van der Waals surface area contributed by atoms with Crippen LogP contribution in [-0.4, -0.2) is 45.7 Å². The summed E-state index contributed by atoms with van der Waals surface area (Å²) in [7, 11) is 0. The van der Waals surface area contributed by atoms with Gasteiger partial charge in [-0.2, -0.15) is 0 Å². The first-order valence-corrected chi connectivity index (χ1v) is 9.65. The molecule has 1 saturated heterocycles. The molecule has 2 aliphatic rings. The molecule has 5 rings (SSSR count). The Morgan fingerprint density at radius 3 is 2.66 bits per heavy atom. The van der Waals surface area contributed by atoms with E-state index in [1.165, 1.54) is 5.69 Å². The molecule has 2 aromatic carbocycles. The summed E-state index contributed by atoms with van der Waals surface area (Å²) in [6.07, 6.45) is 0.769. The number of aromatic nitrogens is 1. The standard InChI is InChI=1S/C22H20N4O3/c27-20-11-23-22(29)26(20)12-14-5-1-2-6-15(14)21(28)25-10-9-19-17(13-25)16-7-3-4-8-18(16)24-19/h1-8,24H,9-13H2,(H,23,29). The number of nitrogens with one attached hydrogen (secondary N) is 2. The Labute approximate surface area is 167 Å². The first kappa shape index (κ1) is 17.5. The van der Waals surface area contributed by atoms with Crippen molar-refractivity contribution in [2.45, 2.75) is 19.5 Å². The zero-order valence-electron chi connectivity index (χ0n) is 15.8. The third-order valence-electron chi connectivity index (χ3n) is 5.68. The molecular formula is C22H20N4O3. The summed E-state index contributed by atoms with van der Waals surface area (Å²) in [5.74, 6) is -0.359. The van der Waals surface area contributed by atoms with Gasteiger partial charge < -0.3 is 15.2 Å². The first-order valence-electron chi connectivity index (χ1n) is 9.65. The predicted octanol–water partition coefficient (Wildman–Crippen LogP) is 2.42. The van der Waals surface area contributed by atoms with Crippen molar-refractivity contribution in [2.24, 2.45) is 0 Å². The molecule has 7 nitrogen and oxygen atoms in total. The van der Waals surface area contributed by atoms with E-state index < -0.39 is 6.03 Å². The average Bonchev–Trinajstić information content (AvgIpc) is 3.28. The van der Waals surface area contributed by atoms with Crippen molar-refractivity contribution in [1.29, 1.82) is 0 Å². The number of carbonyl (C=O) groups excluding carboxylic acids is 3. The van der Waals surface area contributed by atoms with Crippen LogP contribution in [0.1, 0.15) is 27.2 Å². The number of urea groups is 1. The predicted molar refractivity (Wildman–Crippen MR) is 107 cm³/mol. The second-order valence-corrected chi connectivity index (χ2v) is 7.40. The SMILES string of the molecule is O=C(c1ccccc1CN1C(=O)CNC1=O)N1CCc2[nH]c3ccccc3c2C1. The molecule has 3 aromatic rings. The van der Waals surface area contributed by atoms with Gasteiger partial charge in [0.2, 0.25) is 5.91 Å². The third-order valence-corrected chi connectivity index (χ3v) is 5.68. The Morgan fingerprint density at radius 2 is 1.83 bits per heavy atom. The monoisotopic (exact) mass is 388 g/mol. The van der Waals surface area contributed by atoms with Crippen LogP contribution in [-0.2, 0) is 24.3 Å². The lowest BCUT2D eigenvalue weighted by atomic mass is 10.0. The number of hydrogen-bond acceptors (Lipinski definition) is 3. The summed E-state index contributed by atoms with van der Waals surface area (Å²) in [6.45, 7) is 1.26. The van der Waals surface area contributed by atoms with Crippen molar-refractivity contribution in [3.8, 4) is 0 Å². The molecule has 2 aliphatic heterocycles. The highest BCUT2D eigenvalue weighted by atomic mass is 16.2. The van der Waals surface area contributed by atoms with Gasteiger partial charge in [0.25, 0.3) is 5.91 Å². The minimum atomic E-state index is -0.418. The number of amides is 4. The molecule has 4 amide bonds. The van der Waals surface area contributed by atoms with Crippen molar-refractivity contribution in [1.82, 2.24) is 20.1 Å². The number of benzene rings is 2. The van der Waals surface area contributed by atoms with Crippen LogP contribution in [0.4, 0.5) is 4.79 Å². The highest BCUT2D eigenvalue weighted by Gasteiger charge is 2.31. The topological polar surface area (TPSA) is 85.5 Å². The number of aromatic amines is 1. The number of imide groups is 1. The quantitative estimate of drug-likeness (QED) is 0.676. The maximum Gasteiger partial charge on any atom is 0.324 e. The van der Waals surface area contributed by atoms with Crippen LogP contribution in [0.15, 0.2) is 48.5 Å². The number of para-hydroxylation sites is 1. The molecule has 0 bridgehead atoms. The number of carbonyl (C=O) groups is 3. The summed E-state index contributed by atoms with van der Waals surface area (Å²) in [4.78, 5) is 43.6. The zero-order valence-corrected chi connectivity index (χ0v) is 15.8. The summed E-state index contributed by atoms with van der Waals surface area (Å²) < 4.78 is 0. The van der Waals surface area contributed by atoms with Crippen molar-refractivity contribution in [3.63, 3.8) is 0 Å². The fraction of sp³-hybridized carbons (Fsp3) is 0.227. The average molecular weight is 388 g/mol. The molecule has 0 aliphatic carbocycles. The van der Waals surface area contributed by atoms with E-state index in [-0.39, 0.29) is 24.9 Å². The Bertz CT molecular complexity index is 1130. The van der Waals surface area contributed by atoms with E-state index in [2.05, 4.69) is 16.4 Å². The third kappa shape index (κ3) is 2.95. The molecule has 0 saturated carbocycles. The fourth-order valence-electron chi connectivity index (χ4n) is 4.16. The number of nitrogens with zero attached hydrogens (tertiary/aromatic N) is 2. The zero-order chi connectivity index (χ0) is 20.0. The van der Waals surface area contributed by atoms with E-state index in [9.17, 15) is 14.4 Å². The van der Waals surface area contributed by atoms with Gasteiger partial charge in [0.1, 0.15) is 0 Å². The molecule has 29 heavy (non-hydrogen) atoms. The molecule has 2 N–H and O–H groups in total. The smallest absolute Gasteiger partial charge is 0.324 e. The Hall–Kier alpha value is -3.61. The molecule has 0 radical (unpaired) electrons. The Kier molecular flexibility index (Phi) is 4.08. The van der Waals surface area contributed by atoms with Crippen molar-refractivity contribution < 1.29 is 14.4 Å². The molecule has 146 valence electrons. The van der Waals surface area contributed by atoms with E-state index in [1.54, 1.807) is 12.1 Å².